The highest BCUT2D eigenvalue weighted by Gasteiger charge is 2.34. The molecule has 1 N–H and O–H groups in total. The Hall–Kier alpha value is -5.80. The van der Waals surface area contributed by atoms with E-state index in [1.807, 2.05) is 60.5 Å². The lowest BCUT2D eigenvalue weighted by Crippen LogP contribution is -2.59. The Labute approximate surface area is 382 Å². The van der Waals surface area contributed by atoms with Crippen molar-refractivity contribution in [3.8, 4) is 0 Å². The van der Waals surface area contributed by atoms with Gasteiger partial charge >= 0.3 is 18.0 Å². The van der Waals surface area contributed by atoms with Gasteiger partial charge in [0.25, 0.3) is 5.56 Å². The first-order valence-electron chi connectivity index (χ1n) is 23.2. The quantitative estimate of drug-likeness (QED) is 0.108. The summed E-state index contributed by atoms with van der Waals surface area (Å²) >= 11 is 0. The van der Waals surface area contributed by atoms with Crippen LogP contribution in [0.2, 0.25) is 0 Å². The number of aromatic nitrogens is 3. The highest BCUT2D eigenvalue weighted by Crippen LogP contribution is 2.29. The number of hydrogen-bond donors (Lipinski definition) is 1. The van der Waals surface area contributed by atoms with Crippen LogP contribution in [0.1, 0.15) is 75.0 Å². The molecule has 3 fully saturated rings. The largest absolute Gasteiger partial charge is 0.444 e. The van der Waals surface area contributed by atoms with E-state index in [2.05, 4.69) is 40.4 Å². The normalized spacial score (nSPS) is 18.3. The zero-order valence-electron chi connectivity index (χ0n) is 38.6. The maximum atomic E-state index is 14.6. The van der Waals surface area contributed by atoms with Crippen molar-refractivity contribution in [3.63, 3.8) is 0 Å². The third kappa shape index (κ3) is 11.4. The third-order valence-corrected chi connectivity index (χ3v) is 13.5. The number of hydrogen-bond acceptors (Lipinski definition) is 10. The van der Waals surface area contributed by atoms with Gasteiger partial charge in [-0.15, -0.1) is 13.2 Å². The minimum absolute atomic E-state index is 0.0245. The third-order valence-electron chi connectivity index (χ3n) is 13.5. The minimum Gasteiger partial charge on any atom is -0.444 e. The van der Waals surface area contributed by atoms with Gasteiger partial charge in [-0.1, -0.05) is 50.3 Å². The molecule has 3 atom stereocenters. The average molecular weight is 891 g/mol. The number of fused-ring (bicyclic) bond motifs is 2. The second-order valence-electron chi connectivity index (χ2n) is 18.3. The van der Waals surface area contributed by atoms with Crippen molar-refractivity contribution in [1.29, 1.82) is 0 Å². The van der Waals surface area contributed by atoms with Gasteiger partial charge < -0.3 is 29.5 Å². The van der Waals surface area contributed by atoms with Crippen LogP contribution in [0, 0.1) is 18.8 Å². The molecule has 0 radical (unpaired) electrons. The Morgan fingerprint density at radius 3 is 2.12 bits per heavy atom. The van der Waals surface area contributed by atoms with Crippen molar-refractivity contribution in [2.24, 2.45) is 11.8 Å². The zero-order valence-corrected chi connectivity index (χ0v) is 38.6. The Balaban J connectivity index is 1.05. The first-order chi connectivity index (χ1) is 31.3. The van der Waals surface area contributed by atoms with Crippen LogP contribution in [0.5, 0.6) is 0 Å². The highest BCUT2D eigenvalue weighted by atomic mass is 16.5. The summed E-state index contributed by atoms with van der Waals surface area (Å²) in [5.74, 6) is -1.62. The standard InChI is InChI=1S/C50H66N8O7/c1-7-11-34(3)48(61)64-32-57-31-40-28-37(27-36(5)45(40)52-57)29-43(47(60)55-25-23-54(24-26-55)41-17-19-53(6)20-18-41)51-50(63)56-21-15-38(16-22-56)42-30-39-13-9-10-14-44(39)58(46(42)59)33-65-49(62)35(4)12-8-2/h7-10,13-14,27-28,30-31,34-35,38,41,43H,1-2,11-12,15-26,29,32-33H2,3-6H3,(H,51,63)/t34?,35?,43-/m1/s1. The molecule has 0 spiro atoms. The molecule has 15 nitrogen and oxygen atoms in total. The molecule has 0 aliphatic carbocycles. The monoisotopic (exact) mass is 891 g/mol. The van der Waals surface area contributed by atoms with Gasteiger partial charge in [0.2, 0.25) is 5.91 Å². The van der Waals surface area contributed by atoms with Crippen LogP contribution in [0.15, 0.2) is 78.8 Å². The van der Waals surface area contributed by atoms with E-state index >= 15 is 0 Å². The number of piperazine rings is 1. The fraction of sp³-hybridized carbons (Fsp3) is 0.520. The molecule has 2 aromatic carbocycles. The molecule has 15 heteroatoms. The lowest BCUT2D eigenvalue weighted by atomic mass is 9.89. The molecule has 7 rings (SSSR count). The molecule has 3 aliphatic heterocycles. The number of nitrogens with zero attached hydrogens (tertiary/aromatic N) is 7. The van der Waals surface area contributed by atoms with Crippen LogP contribution < -0.4 is 10.9 Å². The topological polar surface area (TPSA) is 152 Å². The molecule has 4 aromatic rings. The molecule has 0 bridgehead atoms. The average Bonchev–Trinajstić information content (AvgIpc) is 3.74. The smallest absolute Gasteiger partial charge is 0.318 e. The van der Waals surface area contributed by atoms with Crippen molar-refractivity contribution in [2.75, 3.05) is 59.4 Å². The fourth-order valence-electron chi connectivity index (χ4n) is 9.58. The van der Waals surface area contributed by atoms with Gasteiger partial charge in [-0.3, -0.25) is 28.6 Å². The van der Waals surface area contributed by atoms with Crippen LogP contribution in [-0.4, -0.2) is 129 Å². The van der Waals surface area contributed by atoms with Crippen LogP contribution >= 0.6 is 0 Å². The molecule has 65 heavy (non-hydrogen) atoms. The number of rotatable bonds is 16. The number of nitrogens with one attached hydrogen (secondary N) is 1. The fourth-order valence-corrected chi connectivity index (χ4v) is 9.58. The Bertz CT molecular complexity index is 2420. The number of likely N-dealkylation sites (tertiary alicyclic amines) is 2. The molecule has 3 saturated heterocycles. The van der Waals surface area contributed by atoms with E-state index in [0.717, 1.165) is 66.4 Å². The van der Waals surface area contributed by atoms with Crippen LogP contribution in [0.4, 0.5) is 4.79 Å². The van der Waals surface area contributed by atoms with Crippen LogP contribution in [0.3, 0.4) is 0 Å². The number of carbonyl (C=O) groups excluding carboxylic acids is 4. The maximum Gasteiger partial charge on any atom is 0.318 e. The van der Waals surface area contributed by atoms with Gasteiger partial charge in [0, 0.05) is 68.9 Å². The molecule has 2 unspecified atom stereocenters. The number of benzene rings is 2. The van der Waals surface area contributed by atoms with Gasteiger partial charge in [0.05, 0.1) is 22.9 Å². The van der Waals surface area contributed by atoms with Crippen LogP contribution in [0.25, 0.3) is 21.8 Å². The number of amides is 3. The first-order valence-corrected chi connectivity index (χ1v) is 23.2. The second-order valence-corrected chi connectivity index (χ2v) is 18.3. The van der Waals surface area contributed by atoms with Gasteiger partial charge in [0.1, 0.15) is 6.04 Å². The molecular formula is C50H66N8O7. The molecule has 5 heterocycles. The highest BCUT2D eigenvalue weighted by molar-refractivity contribution is 5.88. The number of aryl methyl sites for hydroxylation is 1. The number of pyridine rings is 1. The Morgan fingerprint density at radius 2 is 1.46 bits per heavy atom. The number of allylic oxidation sites excluding steroid dienone is 2. The van der Waals surface area contributed by atoms with Gasteiger partial charge in [-0.05, 0) is 106 Å². The van der Waals surface area contributed by atoms with E-state index in [1.54, 1.807) is 35.6 Å². The van der Waals surface area contributed by atoms with Crippen molar-refractivity contribution in [3.05, 3.63) is 101 Å². The summed E-state index contributed by atoms with van der Waals surface area (Å²) in [5, 5.41) is 9.54. The summed E-state index contributed by atoms with van der Waals surface area (Å²) in [7, 11) is 2.16. The van der Waals surface area contributed by atoms with E-state index in [9.17, 15) is 24.0 Å². The van der Waals surface area contributed by atoms with E-state index in [-0.39, 0.29) is 61.1 Å². The second kappa shape index (κ2) is 21.5. The van der Waals surface area contributed by atoms with Gasteiger partial charge in [-0.2, -0.15) is 5.10 Å². The number of esters is 2. The molecule has 3 aliphatic rings. The predicted molar refractivity (Wildman–Crippen MR) is 251 cm³/mol. The first kappa shape index (κ1) is 47.2. The van der Waals surface area contributed by atoms with E-state index < -0.39 is 12.0 Å². The van der Waals surface area contributed by atoms with Gasteiger partial charge in [0.15, 0.2) is 13.5 Å². The summed E-state index contributed by atoms with van der Waals surface area (Å²) in [4.78, 5) is 76.5. The van der Waals surface area contributed by atoms with Crippen molar-refractivity contribution < 1.29 is 28.7 Å². The molecular weight excluding hydrogens is 825 g/mol. The van der Waals surface area contributed by atoms with E-state index in [1.165, 1.54) is 4.57 Å². The zero-order chi connectivity index (χ0) is 46.2. The van der Waals surface area contributed by atoms with Crippen molar-refractivity contribution in [2.45, 2.75) is 97.2 Å². The van der Waals surface area contributed by atoms with Crippen LogP contribution in [-0.2, 0) is 43.7 Å². The van der Waals surface area contributed by atoms with E-state index in [0.29, 0.717) is 69.0 Å². The Morgan fingerprint density at radius 1 is 0.815 bits per heavy atom. The predicted octanol–water partition coefficient (Wildman–Crippen LogP) is 5.82. The number of para-hydroxylation sites is 1. The van der Waals surface area contributed by atoms with E-state index in [4.69, 9.17) is 9.47 Å². The molecule has 348 valence electrons. The molecule has 2 aromatic heterocycles. The number of urea groups is 1. The lowest BCUT2D eigenvalue weighted by Gasteiger charge is -2.43. The number of piperidine rings is 2. The van der Waals surface area contributed by atoms with Crippen molar-refractivity contribution in [1.82, 2.24) is 39.3 Å². The van der Waals surface area contributed by atoms with Crippen molar-refractivity contribution >= 4 is 45.7 Å². The molecule has 3 amide bonds. The lowest BCUT2D eigenvalue weighted by molar-refractivity contribution is -0.152. The summed E-state index contributed by atoms with van der Waals surface area (Å²) in [6, 6.07) is 12.9. The summed E-state index contributed by atoms with van der Waals surface area (Å²) in [5.41, 5.74) is 3.64. The Kier molecular flexibility index (Phi) is 15.6. The number of carbonyl (C=O) groups is 4. The summed E-state index contributed by atoms with van der Waals surface area (Å²) in [6.45, 7) is 18.5. The SMILES string of the molecule is C=CCC(C)C(=O)OCn1cc2cc(C[C@@H](NC(=O)N3CCC(c4cc5ccccc5n(COC(=O)C(C)CC=C)c4=O)CC3)C(=O)N3CCN(C4CCN(C)CC4)CC3)cc(C)c2n1. The molecule has 0 saturated carbocycles. The minimum atomic E-state index is -0.820. The number of ether oxygens (including phenoxy) is 2. The summed E-state index contributed by atoms with van der Waals surface area (Å²) < 4.78 is 14.3. The van der Waals surface area contributed by atoms with Gasteiger partial charge in [-0.25, -0.2) is 9.48 Å². The summed E-state index contributed by atoms with van der Waals surface area (Å²) in [6.07, 6.45) is 9.83. The maximum absolute atomic E-state index is 14.6.